The lowest BCUT2D eigenvalue weighted by atomic mass is 10.1. The normalized spacial score (nSPS) is 10.0. The van der Waals surface area contributed by atoms with Crippen LogP contribution in [0.5, 0.6) is 11.5 Å². The Morgan fingerprint density at radius 1 is 1.19 bits per heavy atom. The summed E-state index contributed by atoms with van der Waals surface area (Å²) in [6, 6.07) is 3.39. The van der Waals surface area contributed by atoms with Gasteiger partial charge in [0.25, 0.3) is 0 Å². The summed E-state index contributed by atoms with van der Waals surface area (Å²) in [6.07, 6.45) is 0.286. The Bertz CT molecular complexity index is 516. The van der Waals surface area contributed by atoms with Crippen LogP contribution in [0.2, 0.25) is 0 Å². The Hall–Kier alpha value is -2.28. The van der Waals surface area contributed by atoms with Gasteiger partial charge in [0.05, 0.1) is 26.3 Å². The largest absolute Gasteiger partial charge is 0.496 e. The van der Waals surface area contributed by atoms with E-state index in [1.165, 1.54) is 14.2 Å². The number of hydrogen-bond donors (Lipinski definition) is 3. The summed E-state index contributed by atoms with van der Waals surface area (Å²) in [5, 5.41) is 11.2. The molecule has 0 aliphatic carbocycles. The van der Waals surface area contributed by atoms with Crippen LogP contribution in [0.25, 0.3) is 0 Å². The summed E-state index contributed by atoms with van der Waals surface area (Å²) in [4.78, 5) is 22.2. The standard InChI is InChI=1S/C14H20N2O5/c1-20-11-8-10(16-13(17)3-4-14(18)19)12(21-2)7-9(11)5-6-15/h7-8H,3-6,15H2,1-2H3,(H,16,17)(H,18,19). The number of amides is 1. The van der Waals surface area contributed by atoms with Crippen LogP contribution in [-0.2, 0) is 16.0 Å². The van der Waals surface area contributed by atoms with Crippen molar-refractivity contribution in [1.29, 1.82) is 0 Å². The van der Waals surface area contributed by atoms with Crippen molar-refractivity contribution in [2.24, 2.45) is 5.73 Å². The first-order chi connectivity index (χ1) is 10.0. The van der Waals surface area contributed by atoms with Gasteiger partial charge in [-0.1, -0.05) is 0 Å². The van der Waals surface area contributed by atoms with Crippen LogP contribution in [0.1, 0.15) is 18.4 Å². The van der Waals surface area contributed by atoms with E-state index in [1.54, 1.807) is 12.1 Å². The van der Waals surface area contributed by atoms with Gasteiger partial charge in [-0.2, -0.15) is 0 Å². The maximum Gasteiger partial charge on any atom is 0.303 e. The molecule has 0 bridgehead atoms. The summed E-state index contributed by atoms with van der Waals surface area (Å²) in [5.74, 6) is -0.352. The lowest BCUT2D eigenvalue weighted by molar-refractivity contribution is -0.138. The number of nitrogens with one attached hydrogen (secondary N) is 1. The Balaban J connectivity index is 2.94. The minimum absolute atomic E-state index is 0.106. The molecule has 1 aromatic rings. The second kappa shape index (κ2) is 8.11. The highest BCUT2D eigenvalue weighted by Gasteiger charge is 2.14. The first kappa shape index (κ1) is 16.8. The van der Waals surface area contributed by atoms with Crippen LogP contribution < -0.4 is 20.5 Å². The van der Waals surface area contributed by atoms with E-state index in [1.807, 2.05) is 0 Å². The zero-order valence-electron chi connectivity index (χ0n) is 12.1. The Labute approximate surface area is 123 Å². The highest BCUT2D eigenvalue weighted by atomic mass is 16.5. The number of nitrogens with two attached hydrogens (primary N) is 1. The topological polar surface area (TPSA) is 111 Å². The molecule has 1 amide bonds. The van der Waals surface area contributed by atoms with Gasteiger partial charge in [-0.05, 0) is 24.6 Å². The molecule has 0 saturated heterocycles. The zero-order chi connectivity index (χ0) is 15.8. The fourth-order valence-electron chi connectivity index (χ4n) is 1.84. The van der Waals surface area contributed by atoms with Gasteiger partial charge in [-0.3, -0.25) is 9.59 Å². The summed E-state index contributed by atoms with van der Waals surface area (Å²) < 4.78 is 10.5. The fourth-order valence-corrected chi connectivity index (χ4v) is 1.84. The van der Waals surface area contributed by atoms with E-state index in [-0.39, 0.29) is 12.8 Å². The van der Waals surface area contributed by atoms with Crippen LogP contribution >= 0.6 is 0 Å². The third-order valence-electron chi connectivity index (χ3n) is 2.86. The SMILES string of the molecule is COc1cc(NC(=O)CCC(=O)O)c(OC)cc1CCN. The van der Waals surface area contributed by atoms with Crippen molar-refractivity contribution in [3.05, 3.63) is 17.7 Å². The molecule has 0 saturated carbocycles. The van der Waals surface area contributed by atoms with Crippen LogP contribution in [0, 0.1) is 0 Å². The van der Waals surface area contributed by atoms with Gasteiger partial charge < -0.3 is 25.6 Å². The predicted molar refractivity (Wildman–Crippen MR) is 77.8 cm³/mol. The highest BCUT2D eigenvalue weighted by molar-refractivity contribution is 5.94. The third-order valence-corrected chi connectivity index (χ3v) is 2.86. The minimum atomic E-state index is -1.02. The molecule has 0 spiro atoms. The van der Waals surface area contributed by atoms with Gasteiger partial charge in [-0.15, -0.1) is 0 Å². The van der Waals surface area contributed by atoms with Crippen molar-refractivity contribution in [3.8, 4) is 11.5 Å². The number of ether oxygens (including phenoxy) is 2. The number of carbonyl (C=O) groups is 2. The number of carboxylic acids is 1. The van der Waals surface area contributed by atoms with E-state index in [2.05, 4.69) is 5.32 Å². The molecule has 0 aliphatic rings. The lowest BCUT2D eigenvalue weighted by Crippen LogP contribution is -2.14. The first-order valence-corrected chi connectivity index (χ1v) is 6.48. The molecule has 0 aromatic heterocycles. The fraction of sp³-hybridized carbons (Fsp3) is 0.429. The summed E-state index contributed by atoms with van der Waals surface area (Å²) >= 11 is 0. The molecule has 0 aliphatic heterocycles. The Morgan fingerprint density at radius 3 is 2.38 bits per heavy atom. The van der Waals surface area contributed by atoms with Crippen molar-refractivity contribution in [2.75, 3.05) is 26.1 Å². The predicted octanol–water partition coefficient (Wildman–Crippen LogP) is 1.01. The van der Waals surface area contributed by atoms with E-state index in [0.29, 0.717) is 30.2 Å². The van der Waals surface area contributed by atoms with Crippen LogP contribution in [-0.4, -0.2) is 37.7 Å². The average Bonchev–Trinajstić information content (AvgIpc) is 2.46. The van der Waals surface area contributed by atoms with Crippen LogP contribution in [0.3, 0.4) is 0 Å². The van der Waals surface area contributed by atoms with Crippen molar-refractivity contribution in [3.63, 3.8) is 0 Å². The van der Waals surface area contributed by atoms with Crippen molar-refractivity contribution >= 4 is 17.6 Å². The second-order valence-electron chi connectivity index (χ2n) is 4.34. The molecule has 21 heavy (non-hydrogen) atoms. The molecule has 0 unspecified atom stereocenters. The second-order valence-corrected chi connectivity index (χ2v) is 4.34. The van der Waals surface area contributed by atoms with Gasteiger partial charge >= 0.3 is 5.97 Å². The zero-order valence-corrected chi connectivity index (χ0v) is 12.1. The number of carbonyl (C=O) groups excluding carboxylic acids is 1. The molecule has 0 fully saturated rings. The van der Waals surface area contributed by atoms with E-state index < -0.39 is 11.9 Å². The van der Waals surface area contributed by atoms with Crippen molar-refractivity contribution in [2.45, 2.75) is 19.3 Å². The number of methoxy groups -OCH3 is 2. The van der Waals surface area contributed by atoms with Crippen molar-refractivity contribution in [1.82, 2.24) is 0 Å². The van der Waals surface area contributed by atoms with Gasteiger partial charge in [-0.25, -0.2) is 0 Å². The summed E-state index contributed by atoms with van der Waals surface area (Å²) in [5.41, 5.74) is 6.85. The summed E-state index contributed by atoms with van der Waals surface area (Å²) in [6.45, 7) is 0.462. The number of anilines is 1. The number of hydrogen-bond acceptors (Lipinski definition) is 5. The molecule has 0 radical (unpaired) electrons. The number of aliphatic carboxylic acids is 1. The molecule has 7 heteroatoms. The van der Waals surface area contributed by atoms with E-state index in [9.17, 15) is 9.59 Å². The molecule has 1 rings (SSSR count). The van der Waals surface area contributed by atoms with Crippen molar-refractivity contribution < 1.29 is 24.2 Å². The molecule has 4 N–H and O–H groups in total. The lowest BCUT2D eigenvalue weighted by Gasteiger charge is -2.15. The first-order valence-electron chi connectivity index (χ1n) is 6.48. The molecular weight excluding hydrogens is 276 g/mol. The molecule has 116 valence electrons. The van der Waals surface area contributed by atoms with E-state index >= 15 is 0 Å². The smallest absolute Gasteiger partial charge is 0.303 e. The Kier molecular flexibility index (Phi) is 6.48. The highest BCUT2D eigenvalue weighted by Crippen LogP contribution is 2.33. The maximum absolute atomic E-state index is 11.7. The van der Waals surface area contributed by atoms with Gasteiger partial charge in [0.1, 0.15) is 11.5 Å². The Morgan fingerprint density at radius 2 is 1.86 bits per heavy atom. The number of benzene rings is 1. The van der Waals surface area contributed by atoms with Crippen LogP contribution in [0.15, 0.2) is 12.1 Å². The monoisotopic (exact) mass is 296 g/mol. The van der Waals surface area contributed by atoms with Gasteiger partial charge in [0.2, 0.25) is 5.91 Å². The molecule has 1 aromatic carbocycles. The quantitative estimate of drug-likeness (QED) is 0.660. The van der Waals surface area contributed by atoms with Gasteiger partial charge in [0, 0.05) is 12.5 Å². The number of rotatable bonds is 8. The van der Waals surface area contributed by atoms with E-state index in [0.717, 1.165) is 5.56 Å². The van der Waals surface area contributed by atoms with E-state index in [4.69, 9.17) is 20.3 Å². The van der Waals surface area contributed by atoms with Gasteiger partial charge in [0.15, 0.2) is 0 Å². The molecule has 0 atom stereocenters. The minimum Gasteiger partial charge on any atom is -0.496 e. The molecule has 0 heterocycles. The third kappa shape index (κ3) is 4.96. The maximum atomic E-state index is 11.7. The molecule has 7 nitrogen and oxygen atoms in total. The molecular formula is C14H20N2O5. The van der Waals surface area contributed by atoms with Crippen LogP contribution in [0.4, 0.5) is 5.69 Å². The average molecular weight is 296 g/mol. The number of carboxylic acid groups (broad SMARTS) is 1. The summed E-state index contributed by atoms with van der Waals surface area (Å²) in [7, 11) is 3.01.